The van der Waals surface area contributed by atoms with Crippen LogP contribution in [0.25, 0.3) is 11.6 Å². The number of halogens is 2. The molecular formula is C22H14I2N2O3. The van der Waals surface area contributed by atoms with E-state index in [0.717, 1.165) is 24.0 Å². The summed E-state index contributed by atoms with van der Waals surface area (Å²) in [6.07, 6.45) is 1.73. The Morgan fingerprint density at radius 1 is 1.07 bits per heavy atom. The van der Waals surface area contributed by atoms with Crippen molar-refractivity contribution in [3.63, 3.8) is 0 Å². The fourth-order valence-corrected chi connectivity index (χ4v) is 4.79. The van der Waals surface area contributed by atoms with Crippen LogP contribution in [0.2, 0.25) is 0 Å². The third kappa shape index (κ3) is 5.55. The van der Waals surface area contributed by atoms with E-state index in [0.29, 0.717) is 17.7 Å². The predicted octanol–water partition coefficient (Wildman–Crippen LogP) is 6.45. The van der Waals surface area contributed by atoms with Gasteiger partial charge in [-0.15, -0.1) is 0 Å². The Labute approximate surface area is 195 Å². The molecule has 3 aromatic carbocycles. The number of rotatable bonds is 6. The number of nitro benzene ring substituents is 1. The first-order valence-corrected chi connectivity index (χ1v) is 10.7. The summed E-state index contributed by atoms with van der Waals surface area (Å²) in [5.74, 6) is 0.793. The highest BCUT2D eigenvalue weighted by Crippen LogP contribution is 2.31. The molecule has 0 aromatic heterocycles. The number of benzene rings is 3. The van der Waals surface area contributed by atoms with Crippen LogP contribution in [-0.2, 0) is 6.61 Å². The van der Waals surface area contributed by atoms with E-state index in [-0.39, 0.29) is 5.69 Å². The molecule has 0 amide bonds. The van der Waals surface area contributed by atoms with E-state index in [9.17, 15) is 15.4 Å². The number of hydrogen-bond acceptors (Lipinski definition) is 4. The molecule has 0 unspecified atom stereocenters. The molecule has 5 nitrogen and oxygen atoms in total. The summed E-state index contributed by atoms with van der Waals surface area (Å²) in [5.41, 5.74) is 2.74. The zero-order valence-electron chi connectivity index (χ0n) is 15.0. The first-order valence-electron chi connectivity index (χ1n) is 8.50. The van der Waals surface area contributed by atoms with Crippen molar-refractivity contribution in [1.82, 2.24) is 0 Å². The van der Waals surface area contributed by atoms with Gasteiger partial charge in [-0.05, 0) is 80.1 Å². The Bertz CT molecular complexity index is 1100. The molecule has 0 aliphatic heterocycles. The molecule has 0 aliphatic rings. The summed E-state index contributed by atoms with van der Waals surface area (Å²) in [6, 6.07) is 22.0. The SMILES string of the molecule is N#C/C(=C/c1cc(I)c(OCc2ccccc2)c(I)c1)c1cccc([N+](=O)[O-])c1. The van der Waals surface area contributed by atoms with Gasteiger partial charge in [0.2, 0.25) is 0 Å². The van der Waals surface area contributed by atoms with Crippen LogP contribution in [0.4, 0.5) is 5.69 Å². The van der Waals surface area contributed by atoms with E-state index >= 15 is 0 Å². The van der Waals surface area contributed by atoms with Gasteiger partial charge in [-0.2, -0.15) is 5.26 Å². The molecule has 7 heteroatoms. The van der Waals surface area contributed by atoms with Crippen LogP contribution in [0.5, 0.6) is 5.75 Å². The number of nitriles is 1. The number of allylic oxidation sites excluding steroid dienone is 1. The molecule has 3 rings (SSSR count). The molecule has 0 saturated carbocycles. The van der Waals surface area contributed by atoms with Crippen LogP contribution in [0.3, 0.4) is 0 Å². The van der Waals surface area contributed by atoms with Crippen molar-refractivity contribution in [2.24, 2.45) is 0 Å². The highest BCUT2D eigenvalue weighted by Gasteiger charge is 2.12. The Morgan fingerprint density at radius 3 is 2.38 bits per heavy atom. The molecule has 0 radical (unpaired) electrons. The van der Waals surface area contributed by atoms with Crippen molar-refractivity contribution in [1.29, 1.82) is 5.26 Å². The van der Waals surface area contributed by atoms with E-state index in [1.54, 1.807) is 18.2 Å². The lowest BCUT2D eigenvalue weighted by Gasteiger charge is -2.12. The van der Waals surface area contributed by atoms with Crippen molar-refractivity contribution in [3.05, 3.63) is 101 Å². The molecule has 0 saturated heterocycles. The van der Waals surface area contributed by atoms with Crippen LogP contribution < -0.4 is 4.74 Å². The van der Waals surface area contributed by atoms with Gasteiger partial charge in [-0.25, -0.2) is 0 Å². The fourth-order valence-electron chi connectivity index (χ4n) is 2.66. The van der Waals surface area contributed by atoms with Gasteiger partial charge in [0.05, 0.1) is 23.7 Å². The predicted molar refractivity (Wildman–Crippen MR) is 129 cm³/mol. The van der Waals surface area contributed by atoms with Crippen molar-refractivity contribution in [2.75, 3.05) is 0 Å². The zero-order valence-corrected chi connectivity index (χ0v) is 19.3. The standard InChI is InChI=1S/C22H14I2N2O3/c23-20-10-16(9-18(13-25)17-7-4-8-19(12-17)26(27)28)11-21(24)22(20)29-14-15-5-2-1-3-6-15/h1-12H,14H2/b18-9-. The van der Waals surface area contributed by atoms with Gasteiger partial charge < -0.3 is 4.74 Å². The van der Waals surface area contributed by atoms with Crippen LogP contribution >= 0.6 is 45.2 Å². The second kappa shape index (κ2) is 9.84. The van der Waals surface area contributed by atoms with Crippen molar-refractivity contribution in [3.8, 4) is 11.8 Å². The maximum atomic E-state index is 11.0. The van der Waals surface area contributed by atoms with E-state index in [1.807, 2.05) is 42.5 Å². The van der Waals surface area contributed by atoms with E-state index in [1.165, 1.54) is 12.1 Å². The van der Waals surface area contributed by atoms with Crippen LogP contribution in [0.1, 0.15) is 16.7 Å². The lowest BCUT2D eigenvalue weighted by Crippen LogP contribution is -1.99. The molecule has 3 aromatic rings. The summed E-state index contributed by atoms with van der Waals surface area (Å²) in [6.45, 7) is 0.471. The van der Waals surface area contributed by atoms with Crippen molar-refractivity contribution in [2.45, 2.75) is 6.61 Å². The quantitative estimate of drug-likeness (QED) is 0.106. The fraction of sp³-hybridized carbons (Fsp3) is 0.0455. The van der Waals surface area contributed by atoms with E-state index < -0.39 is 4.92 Å². The number of non-ortho nitro benzene ring substituents is 1. The average molecular weight is 608 g/mol. The number of hydrogen-bond donors (Lipinski definition) is 0. The van der Waals surface area contributed by atoms with Gasteiger partial charge in [0.1, 0.15) is 12.4 Å². The largest absolute Gasteiger partial charge is 0.487 e. The lowest BCUT2D eigenvalue weighted by atomic mass is 10.0. The summed E-state index contributed by atoms with van der Waals surface area (Å²) >= 11 is 4.42. The first kappa shape index (κ1) is 21.3. The lowest BCUT2D eigenvalue weighted by molar-refractivity contribution is -0.384. The second-order valence-corrected chi connectivity index (χ2v) is 8.39. The summed E-state index contributed by atoms with van der Waals surface area (Å²) in [5, 5.41) is 20.6. The smallest absolute Gasteiger partial charge is 0.270 e. The van der Waals surface area contributed by atoms with Gasteiger partial charge in [-0.1, -0.05) is 42.5 Å². The number of ether oxygens (including phenoxy) is 1. The van der Waals surface area contributed by atoms with Gasteiger partial charge in [-0.3, -0.25) is 10.1 Å². The molecule has 0 heterocycles. The third-order valence-electron chi connectivity index (χ3n) is 4.05. The van der Waals surface area contributed by atoms with Gasteiger partial charge in [0.25, 0.3) is 5.69 Å². The first-order chi connectivity index (χ1) is 14.0. The van der Waals surface area contributed by atoms with Crippen molar-refractivity contribution >= 4 is 62.5 Å². The Kier molecular flexibility index (Phi) is 7.22. The molecule has 0 N–H and O–H groups in total. The van der Waals surface area contributed by atoms with Gasteiger partial charge in [0, 0.05) is 12.1 Å². The van der Waals surface area contributed by atoms with Gasteiger partial charge >= 0.3 is 0 Å². The Hall–Kier alpha value is -2.45. The van der Waals surface area contributed by atoms with Crippen molar-refractivity contribution < 1.29 is 9.66 Å². The topological polar surface area (TPSA) is 76.2 Å². The van der Waals surface area contributed by atoms with E-state index in [4.69, 9.17) is 4.74 Å². The minimum Gasteiger partial charge on any atom is -0.487 e. The Balaban J connectivity index is 1.88. The maximum Gasteiger partial charge on any atom is 0.270 e. The van der Waals surface area contributed by atoms with Crippen LogP contribution in [0, 0.1) is 28.6 Å². The maximum absolute atomic E-state index is 11.0. The highest BCUT2D eigenvalue weighted by atomic mass is 127. The summed E-state index contributed by atoms with van der Waals surface area (Å²) in [7, 11) is 0. The molecule has 0 aliphatic carbocycles. The second-order valence-electron chi connectivity index (χ2n) is 6.07. The molecule has 0 fully saturated rings. The van der Waals surface area contributed by atoms with E-state index in [2.05, 4.69) is 51.3 Å². The minimum atomic E-state index is -0.469. The monoisotopic (exact) mass is 608 g/mol. The normalized spacial score (nSPS) is 11.0. The molecule has 0 bridgehead atoms. The minimum absolute atomic E-state index is 0.0440. The number of nitro groups is 1. The van der Waals surface area contributed by atoms with Crippen LogP contribution in [-0.4, -0.2) is 4.92 Å². The molecule has 0 atom stereocenters. The highest BCUT2D eigenvalue weighted by molar-refractivity contribution is 14.1. The molecule has 144 valence electrons. The number of nitrogens with zero attached hydrogens (tertiary/aromatic N) is 2. The zero-order chi connectivity index (χ0) is 20.8. The summed E-state index contributed by atoms with van der Waals surface area (Å²) in [4.78, 5) is 10.5. The molecular weight excluding hydrogens is 594 g/mol. The molecule has 29 heavy (non-hydrogen) atoms. The third-order valence-corrected chi connectivity index (χ3v) is 5.65. The Morgan fingerprint density at radius 2 is 1.76 bits per heavy atom. The summed E-state index contributed by atoms with van der Waals surface area (Å²) < 4.78 is 7.84. The average Bonchev–Trinajstić information content (AvgIpc) is 2.72. The van der Waals surface area contributed by atoms with Gasteiger partial charge in [0.15, 0.2) is 0 Å². The molecule has 0 spiro atoms. The van der Waals surface area contributed by atoms with Crippen LogP contribution in [0.15, 0.2) is 66.7 Å².